The topological polar surface area (TPSA) is 156 Å². The molecule has 10 nitrogen and oxygen atoms in total. The minimum absolute atomic E-state index is 0.140. The fourth-order valence-corrected chi connectivity index (χ4v) is 2.35. The molecule has 0 fully saturated rings. The largest absolute Gasteiger partial charge is 0.383 e. The fraction of sp³-hybridized carbons (Fsp3) is 0. The zero-order chi connectivity index (χ0) is 14.2. The van der Waals surface area contributed by atoms with Gasteiger partial charge in [0.05, 0.1) is 0 Å². The first-order chi connectivity index (χ1) is 8.82. The van der Waals surface area contributed by atoms with Gasteiger partial charge in [-0.25, -0.2) is 9.59 Å². The highest BCUT2D eigenvalue weighted by molar-refractivity contribution is 7.88. The number of nitrogen functional groups attached to an aromatic ring is 2. The normalized spacial score (nSPS) is 11.4. The molecule has 19 heavy (non-hydrogen) atoms. The minimum Gasteiger partial charge on any atom is -0.383 e. The van der Waals surface area contributed by atoms with Crippen molar-refractivity contribution < 1.29 is 8.42 Å². The lowest BCUT2D eigenvalue weighted by Crippen LogP contribution is -2.39. The first kappa shape index (κ1) is 12.8. The van der Waals surface area contributed by atoms with Crippen molar-refractivity contribution in [2.24, 2.45) is 0 Å². The van der Waals surface area contributed by atoms with E-state index in [0.717, 1.165) is 24.5 Å². The van der Waals surface area contributed by atoms with E-state index < -0.39 is 21.6 Å². The Morgan fingerprint density at radius 1 is 0.895 bits per heavy atom. The third-order valence-electron chi connectivity index (χ3n) is 2.09. The minimum atomic E-state index is -4.46. The molecular weight excluding hydrogens is 276 g/mol. The molecule has 2 aromatic heterocycles. The summed E-state index contributed by atoms with van der Waals surface area (Å²) >= 11 is 0. The van der Waals surface area contributed by atoms with Crippen LogP contribution in [0.2, 0.25) is 0 Å². The SMILES string of the molecule is Nc1ccn(S(=O)(=O)n2ccc(N)nc2=O)c(=O)n1. The van der Waals surface area contributed by atoms with Crippen LogP contribution in [0.15, 0.2) is 34.1 Å². The Morgan fingerprint density at radius 3 is 1.58 bits per heavy atom. The van der Waals surface area contributed by atoms with E-state index in [0.29, 0.717) is 0 Å². The summed E-state index contributed by atoms with van der Waals surface area (Å²) in [5.74, 6) is -0.279. The van der Waals surface area contributed by atoms with Crippen LogP contribution in [0.4, 0.5) is 11.6 Å². The number of hydrogen-bond acceptors (Lipinski definition) is 8. The van der Waals surface area contributed by atoms with Crippen LogP contribution in [-0.2, 0) is 10.2 Å². The molecule has 0 aliphatic heterocycles. The third kappa shape index (κ3) is 2.18. The monoisotopic (exact) mass is 284 g/mol. The molecule has 0 amide bonds. The summed E-state index contributed by atoms with van der Waals surface area (Å²) in [6.07, 6.45) is 1.78. The first-order valence-corrected chi connectivity index (χ1v) is 6.18. The Balaban J connectivity index is 2.73. The van der Waals surface area contributed by atoms with Crippen molar-refractivity contribution in [1.29, 1.82) is 0 Å². The summed E-state index contributed by atoms with van der Waals surface area (Å²) in [4.78, 5) is 29.5. The second-order valence-electron chi connectivity index (χ2n) is 3.37. The van der Waals surface area contributed by atoms with Gasteiger partial charge in [0.25, 0.3) is 0 Å². The summed E-state index contributed by atoms with van der Waals surface area (Å²) in [5, 5.41) is 0. The Kier molecular flexibility index (Phi) is 2.82. The van der Waals surface area contributed by atoms with Crippen LogP contribution >= 0.6 is 0 Å². The van der Waals surface area contributed by atoms with Crippen molar-refractivity contribution in [2.45, 2.75) is 0 Å². The van der Waals surface area contributed by atoms with E-state index in [1.54, 1.807) is 0 Å². The highest BCUT2D eigenvalue weighted by atomic mass is 32.2. The molecule has 2 rings (SSSR count). The van der Waals surface area contributed by atoms with Gasteiger partial charge in [-0.2, -0.15) is 26.3 Å². The third-order valence-corrected chi connectivity index (χ3v) is 3.64. The standard InChI is InChI=1S/C8H8N6O4S/c9-5-1-3-13(7(15)11-5)19(17,18)14-4-2-6(10)12-8(14)16/h1-4H,(H2,9,11,15)(H2,10,12,16). The molecule has 2 heterocycles. The molecule has 2 aromatic rings. The van der Waals surface area contributed by atoms with Gasteiger partial charge in [0, 0.05) is 12.4 Å². The van der Waals surface area contributed by atoms with E-state index >= 15 is 0 Å². The highest BCUT2D eigenvalue weighted by Gasteiger charge is 2.20. The zero-order valence-corrected chi connectivity index (χ0v) is 10.1. The Labute approximate surface area is 106 Å². The van der Waals surface area contributed by atoms with Crippen LogP contribution in [0, 0.1) is 0 Å². The highest BCUT2D eigenvalue weighted by Crippen LogP contribution is 1.99. The average Bonchev–Trinajstić information content (AvgIpc) is 2.27. The molecule has 0 spiro atoms. The van der Waals surface area contributed by atoms with Crippen molar-refractivity contribution in [3.05, 3.63) is 45.5 Å². The van der Waals surface area contributed by atoms with Crippen LogP contribution in [0.1, 0.15) is 0 Å². The van der Waals surface area contributed by atoms with Gasteiger partial charge in [0.2, 0.25) is 0 Å². The van der Waals surface area contributed by atoms with E-state index in [1.807, 2.05) is 0 Å². The molecule has 0 radical (unpaired) electrons. The predicted octanol–water partition coefficient (Wildman–Crippen LogP) is -2.39. The lowest BCUT2D eigenvalue weighted by molar-refractivity contribution is 0.571. The average molecular weight is 284 g/mol. The molecular formula is C8H8N6O4S. The van der Waals surface area contributed by atoms with Gasteiger partial charge in [-0.3, -0.25) is 0 Å². The lowest BCUT2D eigenvalue weighted by Gasteiger charge is -2.08. The fourth-order valence-electron chi connectivity index (χ4n) is 1.26. The summed E-state index contributed by atoms with van der Waals surface area (Å²) in [6.45, 7) is 0. The van der Waals surface area contributed by atoms with Crippen molar-refractivity contribution >= 4 is 21.8 Å². The van der Waals surface area contributed by atoms with Crippen molar-refractivity contribution in [3.8, 4) is 0 Å². The maximum Gasteiger partial charge on any atom is 0.364 e. The molecule has 0 bridgehead atoms. The lowest BCUT2D eigenvalue weighted by atomic mass is 10.6. The summed E-state index contributed by atoms with van der Waals surface area (Å²) < 4.78 is 24.7. The van der Waals surface area contributed by atoms with Gasteiger partial charge in [-0.1, -0.05) is 0 Å². The maximum atomic E-state index is 12.1. The Morgan fingerprint density at radius 2 is 1.26 bits per heavy atom. The molecule has 0 atom stereocenters. The predicted molar refractivity (Wildman–Crippen MR) is 65.5 cm³/mol. The number of rotatable bonds is 2. The van der Waals surface area contributed by atoms with Crippen molar-refractivity contribution in [2.75, 3.05) is 11.5 Å². The van der Waals surface area contributed by atoms with Crippen LogP contribution in [0.5, 0.6) is 0 Å². The van der Waals surface area contributed by atoms with Gasteiger partial charge < -0.3 is 11.5 Å². The summed E-state index contributed by atoms with van der Waals surface area (Å²) in [6, 6.07) is 2.21. The van der Waals surface area contributed by atoms with E-state index in [1.165, 1.54) is 0 Å². The van der Waals surface area contributed by atoms with E-state index in [2.05, 4.69) is 9.97 Å². The van der Waals surface area contributed by atoms with Crippen LogP contribution in [0.3, 0.4) is 0 Å². The van der Waals surface area contributed by atoms with Crippen molar-refractivity contribution in [3.63, 3.8) is 0 Å². The van der Waals surface area contributed by atoms with Crippen LogP contribution in [0.25, 0.3) is 0 Å². The number of nitrogens with two attached hydrogens (primary N) is 2. The second-order valence-corrected chi connectivity index (χ2v) is 5.05. The number of anilines is 2. The number of hydrogen-bond donors (Lipinski definition) is 2. The van der Waals surface area contributed by atoms with E-state index in [-0.39, 0.29) is 19.6 Å². The Hall–Kier alpha value is -2.69. The molecule has 0 saturated heterocycles. The smallest absolute Gasteiger partial charge is 0.364 e. The maximum absolute atomic E-state index is 12.1. The quantitative estimate of drug-likeness (QED) is 0.618. The van der Waals surface area contributed by atoms with Crippen LogP contribution in [-0.4, -0.2) is 26.3 Å². The van der Waals surface area contributed by atoms with Crippen molar-refractivity contribution in [1.82, 2.24) is 17.9 Å². The first-order valence-electron chi connectivity index (χ1n) is 4.79. The molecule has 0 saturated carbocycles. The number of aromatic nitrogens is 4. The number of nitrogens with zero attached hydrogens (tertiary/aromatic N) is 4. The van der Waals surface area contributed by atoms with Gasteiger partial charge in [-0.05, 0) is 12.1 Å². The van der Waals surface area contributed by atoms with Gasteiger partial charge in [0.1, 0.15) is 11.6 Å². The molecule has 0 aromatic carbocycles. The van der Waals surface area contributed by atoms with Gasteiger partial charge in [0.15, 0.2) is 0 Å². The molecule has 11 heteroatoms. The molecule has 4 N–H and O–H groups in total. The molecule has 0 aliphatic carbocycles. The molecule has 100 valence electrons. The molecule has 0 unspecified atom stereocenters. The van der Waals surface area contributed by atoms with E-state index in [9.17, 15) is 18.0 Å². The van der Waals surface area contributed by atoms with Gasteiger partial charge >= 0.3 is 21.6 Å². The van der Waals surface area contributed by atoms with Crippen LogP contribution < -0.4 is 22.8 Å². The zero-order valence-electron chi connectivity index (χ0n) is 9.29. The van der Waals surface area contributed by atoms with E-state index in [4.69, 9.17) is 11.5 Å². The summed E-state index contributed by atoms with van der Waals surface area (Å²) in [7, 11) is -4.46. The Bertz CT molecular complexity index is 787. The summed E-state index contributed by atoms with van der Waals surface area (Å²) in [5.41, 5.74) is 8.21. The van der Waals surface area contributed by atoms with Gasteiger partial charge in [-0.15, -0.1) is 0 Å². The second kappa shape index (κ2) is 4.20. The molecule has 0 aliphatic rings.